The quantitative estimate of drug-likeness (QED) is 0.884. The zero-order valence-corrected chi connectivity index (χ0v) is 11.3. The molecule has 2 rings (SSSR count). The summed E-state index contributed by atoms with van der Waals surface area (Å²) in [5.41, 5.74) is 1.03. The van der Waals surface area contributed by atoms with Crippen LogP contribution in [-0.2, 0) is 0 Å². The van der Waals surface area contributed by atoms with Crippen LogP contribution >= 0.6 is 0 Å². The minimum absolute atomic E-state index is 0.152. The zero-order valence-electron chi connectivity index (χ0n) is 11.3. The van der Waals surface area contributed by atoms with Crippen molar-refractivity contribution in [1.29, 1.82) is 0 Å². The van der Waals surface area contributed by atoms with Gasteiger partial charge in [0.1, 0.15) is 5.82 Å². The van der Waals surface area contributed by atoms with Crippen molar-refractivity contribution in [2.24, 2.45) is 5.92 Å². The number of halogens is 1. The van der Waals surface area contributed by atoms with Crippen molar-refractivity contribution >= 4 is 0 Å². The van der Waals surface area contributed by atoms with Gasteiger partial charge in [-0.05, 0) is 70.1 Å². The van der Waals surface area contributed by atoms with Crippen LogP contribution in [0, 0.1) is 11.7 Å². The summed E-state index contributed by atoms with van der Waals surface area (Å²) in [5.74, 6) is 0.609. The number of rotatable bonds is 4. The van der Waals surface area contributed by atoms with E-state index in [9.17, 15) is 4.39 Å². The van der Waals surface area contributed by atoms with E-state index in [2.05, 4.69) is 24.2 Å². The van der Waals surface area contributed by atoms with Crippen LogP contribution in [0.4, 0.5) is 4.39 Å². The maximum absolute atomic E-state index is 13.1. The van der Waals surface area contributed by atoms with Gasteiger partial charge in [0.2, 0.25) is 0 Å². The Morgan fingerprint density at radius 2 is 2.11 bits per heavy atom. The maximum Gasteiger partial charge on any atom is 0.123 e. The molecule has 1 aromatic rings. The summed E-state index contributed by atoms with van der Waals surface area (Å²) >= 11 is 0. The van der Waals surface area contributed by atoms with E-state index >= 15 is 0 Å². The lowest BCUT2D eigenvalue weighted by Gasteiger charge is -2.30. The molecule has 1 N–H and O–H groups in total. The fourth-order valence-electron chi connectivity index (χ4n) is 2.50. The molecule has 2 nitrogen and oxygen atoms in total. The number of benzene rings is 1. The van der Waals surface area contributed by atoms with Crippen molar-refractivity contribution in [1.82, 2.24) is 10.2 Å². The average molecular weight is 250 g/mol. The molecule has 18 heavy (non-hydrogen) atoms. The first-order valence-corrected chi connectivity index (χ1v) is 6.82. The fraction of sp³-hybridized carbons (Fsp3) is 0.600. The largest absolute Gasteiger partial charge is 0.310 e. The van der Waals surface area contributed by atoms with Crippen molar-refractivity contribution in [2.45, 2.75) is 25.8 Å². The first-order valence-electron chi connectivity index (χ1n) is 6.82. The number of piperidine rings is 1. The number of nitrogens with one attached hydrogen (secondary N) is 1. The van der Waals surface area contributed by atoms with Crippen LogP contribution in [0.3, 0.4) is 0 Å². The van der Waals surface area contributed by atoms with Crippen molar-refractivity contribution in [2.75, 3.05) is 26.7 Å². The molecule has 0 bridgehead atoms. The highest BCUT2D eigenvalue weighted by atomic mass is 19.1. The van der Waals surface area contributed by atoms with Gasteiger partial charge in [0.15, 0.2) is 0 Å². The number of hydrogen-bond donors (Lipinski definition) is 1. The van der Waals surface area contributed by atoms with Crippen molar-refractivity contribution in [3.05, 3.63) is 35.6 Å². The molecule has 0 amide bonds. The molecule has 1 aromatic carbocycles. The highest BCUT2D eigenvalue weighted by Crippen LogP contribution is 2.18. The maximum atomic E-state index is 13.1. The Balaban J connectivity index is 1.79. The standard InChI is InChI=1S/C15H23FN2/c1-12(14-4-3-5-15(16)10-14)17-11-13-6-8-18(2)9-7-13/h3-5,10,12-13,17H,6-9,11H2,1-2H3/t12-/m1/s1. The van der Waals surface area contributed by atoms with E-state index in [0.29, 0.717) is 0 Å². The van der Waals surface area contributed by atoms with Crippen LogP contribution in [0.2, 0.25) is 0 Å². The van der Waals surface area contributed by atoms with E-state index in [-0.39, 0.29) is 11.9 Å². The van der Waals surface area contributed by atoms with E-state index in [4.69, 9.17) is 0 Å². The summed E-state index contributed by atoms with van der Waals surface area (Å²) in [7, 11) is 2.18. The van der Waals surface area contributed by atoms with Gasteiger partial charge < -0.3 is 10.2 Å². The molecular weight excluding hydrogens is 227 g/mol. The predicted octanol–water partition coefficient (Wildman–Crippen LogP) is 2.82. The lowest BCUT2D eigenvalue weighted by molar-refractivity contribution is 0.213. The summed E-state index contributed by atoms with van der Waals surface area (Å²) in [4.78, 5) is 2.38. The van der Waals surface area contributed by atoms with Crippen molar-refractivity contribution in [3.8, 4) is 0 Å². The number of hydrogen-bond acceptors (Lipinski definition) is 2. The van der Waals surface area contributed by atoms with E-state index < -0.39 is 0 Å². The second kappa shape index (κ2) is 6.30. The number of likely N-dealkylation sites (tertiary alicyclic amines) is 1. The summed E-state index contributed by atoms with van der Waals surface area (Å²) in [6.45, 7) is 5.52. The Labute approximate surface area is 109 Å². The minimum Gasteiger partial charge on any atom is -0.310 e. The smallest absolute Gasteiger partial charge is 0.123 e. The summed E-state index contributed by atoms with van der Waals surface area (Å²) in [6, 6.07) is 7.09. The zero-order chi connectivity index (χ0) is 13.0. The molecule has 100 valence electrons. The minimum atomic E-state index is -0.152. The third-order valence-corrected chi connectivity index (χ3v) is 3.90. The highest BCUT2D eigenvalue weighted by molar-refractivity contribution is 5.19. The number of nitrogens with zero attached hydrogens (tertiary/aromatic N) is 1. The molecule has 1 fully saturated rings. The Morgan fingerprint density at radius 3 is 2.78 bits per heavy atom. The second-order valence-electron chi connectivity index (χ2n) is 5.43. The molecule has 0 saturated carbocycles. The van der Waals surface area contributed by atoms with Crippen molar-refractivity contribution < 1.29 is 4.39 Å². The van der Waals surface area contributed by atoms with Crippen LogP contribution in [0.15, 0.2) is 24.3 Å². The van der Waals surface area contributed by atoms with Gasteiger partial charge in [-0.25, -0.2) is 4.39 Å². The van der Waals surface area contributed by atoms with E-state index in [1.165, 1.54) is 32.0 Å². The van der Waals surface area contributed by atoms with Gasteiger partial charge in [0, 0.05) is 6.04 Å². The molecule has 1 heterocycles. The van der Waals surface area contributed by atoms with Crippen LogP contribution in [0.1, 0.15) is 31.4 Å². The van der Waals surface area contributed by atoms with Crippen molar-refractivity contribution in [3.63, 3.8) is 0 Å². The molecule has 1 atom stereocenters. The average Bonchev–Trinajstić information content (AvgIpc) is 2.38. The Bertz CT molecular complexity index is 373. The van der Waals surface area contributed by atoms with Gasteiger partial charge in [-0.15, -0.1) is 0 Å². The first-order chi connectivity index (χ1) is 8.65. The van der Waals surface area contributed by atoms with E-state index in [1.807, 2.05) is 6.07 Å². The van der Waals surface area contributed by atoms with Gasteiger partial charge in [-0.3, -0.25) is 0 Å². The summed E-state index contributed by atoms with van der Waals surface area (Å²) in [5, 5.41) is 3.53. The highest BCUT2D eigenvalue weighted by Gasteiger charge is 2.17. The van der Waals surface area contributed by atoms with Crippen LogP contribution in [0.25, 0.3) is 0 Å². The molecular formula is C15H23FN2. The summed E-state index contributed by atoms with van der Waals surface area (Å²) < 4.78 is 13.1. The van der Waals surface area contributed by atoms with Gasteiger partial charge in [0.05, 0.1) is 0 Å². The molecule has 0 aromatic heterocycles. The Kier molecular flexibility index (Phi) is 4.72. The lowest BCUT2D eigenvalue weighted by Crippen LogP contribution is -2.35. The van der Waals surface area contributed by atoms with Gasteiger partial charge >= 0.3 is 0 Å². The van der Waals surface area contributed by atoms with Crippen LogP contribution in [-0.4, -0.2) is 31.6 Å². The van der Waals surface area contributed by atoms with Gasteiger partial charge in [-0.2, -0.15) is 0 Å². The Hall–Kier alpha value is -0.930. The van der Waals surface area contributed by atoms with Crippen LogP contribution < -0.4 is 5.32 Å². The van der Waals surface area contributed by atoms with Gasteiger partial charge in [0.25, 0.3) is 0 Å². The first kappa shape index (κ1) is 13.5. The van der Waals surface area contributed by atoms with Gasteiger partial charge in [-0.1, -0.05) is 12.1 Å². The molecule has 1 aliphatic heterocycles. The molecule has 1 saturated heterocycles. The second-order valence-corrected chi connectivity index (χ2v) is 5.43. The third kappa shape index (κ3) is 3.79. The summed E-state index contributed by atoms with van der Waals surface area (Å²) in [6.07, 6.45) is 2.53. The third-order valence-electron chi connectivity index (χ3n) is 3.90. The SMILES string of the molecule is C[C@@H](NCC1CCN(C)CC1)c1cccc(F)c1. The topological polar surface area (TPSA) is 15.3 Å². The molecule has 0 radical (unpaired) electrons. The molecule has 1 aliphatic rings. The molecule has 0 aliphatic carbocycles. The lowest BCUT2D eigenvalue weighted by atomic mass is 9.96. The monoisotopic (exact) mass is 250 g/mol. The molecule has 0 spiro atoms. The Morgan fingerprint density at radius 1 is 1.39 bits per heavy atom. The predicted molar refractivity (Wildman–Crippen MR) is 73.0 cm³/mol. The van der Waals surface area contributed by atoms with E-state index in [0.717, 1.165) is 18.0 Å². The molecule has 3 heteroatoms. The fourth-order valence-corrected chi connectivity index (χ4v) is 2.50. The van der Waals surface area contributed by atoms with E-state index in [1.54, 1.807) is 12.1 Å². The van der Waals surface area contributed by atoms with Crippen LogP contribution in [0.5, 0.6) is 0 Å². The normalized spacial score (nSPS) is 19.9. The molecule has 0 unspecified atom stereocenters.